The molecule has 0 unspecified atom stereocenters. The lowest BCUT2D eigenvalue weighted by Crippen LogP contribution is -2.13. The molecule has 0 radical (unpaired) electrons. The first-order valence-electron chi connectivity index (χ1n) is 5.90. The van der Waals surface area contributed by atoms with E-state index >= 15 is 0 Å². The fourth-order valence-electron chi connectivity index (χ4n) is 2.33. The molecule has 88 valence electrons. The van der Waals surface area contributed by atoms with E-state index in [-0.39, 0.29) is 17.6 Å². The van der Waals surface area contributed by atoms with Crippen LogP contribution in [0.3, 0.4) is 0 Å². The molecule has 3 rings (SSSR count). The number of aliphatic hydroxyl groups excluding tert-OH is 1. The number of aliphatic hydroxyl groups is 1. The fourth-order valence-corrected chi connectivity index (χ4v) is 2.33. The molecule has 1 fully saturated rings. The Kier molecular flexibility index (Phi) is 2.13. The summed E-state index contributed by atoms with van der Waals surface area (Å²) in [6.07, 6.45) is 2.11. The summed E-state index contributed by atoms with van der Waals surface area (Å²) in [4.78, 5) is 14.3. The molecule has 0 amide bonds. The second-order valence-electron chi connectivity index (χ2n) is 5.02. The molecule has 0 atom stereocenters. The number of aromatic nitrogens is 1. The molecule has 1 saturated carbocycles. The van der Waals surface area contributed by atoms with Crippen LogP contribution in [0.15, 0.2) is 29.1 Å². The van der Waals surface area contributed by atoms with Gasteiger partial charge in [-0.3, -0.25) is 4.79 Å². The number of rotatable bonds is 2. The normalized spacial score (nSPS) is 17.3. The number of aryl methyl sites for hydroxylation is 1. The van der Waals surface area contributed by atoms with Crippen molar-refractivity contribution >= 4 is 10.9 Å². The number of H-pyrrole nitrogens is 1. The van der Waals surface area contributed by atoms with Crippen LogP contribution in [0.1, 0.15) is 24.0 Å². The summed E-state index contributed by atoms with van der Waals surface area (Å²) < 4.78 is 0. The number of hydrogen-bond donors (Lipinski definition) is 2. The molecule has 1 heterocycles. The number of nitrogens with one attached hydrogen (secondary N) is 1. The van der Waals surface area contributed by atoms with Gasteiger partial charge in [-0.05, 0) is 48.9 Å². The van der Waals surface area contributed by atoms with Crippen molar-refractivity contribution in [2.45, 2.75) is 25.2 Å². The van der Waals surface area contributed by atoms with Crippen molar-refractivity contribution in [2.24, 2.45) is 0 Å². The zero-order chi connectivity index (χ0) is 12.0. The van der Waals surface area contributed by atoms with Gasteiger partial charge >= 0.3 is 0 Å². The molecular formula is C14H15NO2. The van der Waals surface area contributed by atoms with E-state index in [9.17, 15) is 9.90 Å². The molecule has 2 N–H and O–H groups in total. The van der Waals surface area contributed by atoms with Gasteiger partial charge in [0, 0.05) is 16.5 Å². The van der Waals surface area contributed by atoms with Crippen LogP contribution in [0, 0.1) is 6.92 Å². The molecule has 17 heavy (non-hydrogen) atoms. The number of benzene rings is 1. The van der Waals surface area contributed by atoms with Crippen molar-refractivity contribution in [2.75, 3.05) is 6.61 Å². The van der Waals surface area contributed by atoms with Crippen LogP contribution in [0.25, 0.3) is 10.9 Å². The lowest BCUT2D eigenvalue weighted by molar-refractivity contribution is 0.255. The standard InChI is InChI=1S/C14H15NO2/c1-9-6-10-7-11(14(8-16)4-5-14)2-3-12(10)15-13(9)17/h2-3,6-7,16H,4-5,8H2,1H3,(H,15,17). The molecule has 0 bridgehead atoms. The Hall–Kier alpha value is -1.61. The van der Waals surface area contributed by atoms with E-state index in [0.717, 1.165) is 29.3 Å². The number of hydrogen-bond acceptors (Lipinski definition) is 2. The molecule has 1 aliphatic rings. The first-order chi connectivity index (χ1) is 8.14. The molecule has 3 nitrogen and oxygen atoms in total. The number of fused-ring (bicyclic) bond motifs is 1. The molecule has 3 heteroatoms. The number of aromatic amines is 1. The molecule has 0 saturated heterocycles. The molecule has 0 spiro atoms. The zero-order valence-corrected chi connectivity index (χ0v) is 9.79. The Morgan fingerprint density at radius 1 is 1.35 bits per heavy atom. The van der Waals surface area contributed by atoms with Crippen LogP contribution in [0.2, 0.25) is 0 Å². The molecule has 1 aliphatic carbocycles. The Morgan fingerprint density at radius 2 is 2.12 bits per heavy atom. The van der Waals surface area contributed by atoms with Gasteiger partial charge in [-0.1, -0.05) is 6.07 Å². The Labute approximate surface area is 99.1 Å². The SMILES string of the molecule is Cc1cc2cc(C3(CO)CC3)ccc2[nH]c1=O. The first-order valence-corrected chi connectivity index (χ1v) is 5.90. The summed E-state index contributed by atoms with van der Waals surface area (Å²) in [6.45, 7) is 2.02. The highest BCUT2D eigenvalue weighted by Crippen LogP contribution is 2.48. The minimum Gasteiger partial charge on any atom is -0.395 e. The van der Waals surface area contributed by atoms with Crippen molar-refractivity contribution in [3.63, 3.8) is 0 Å². The first kappa shape index (κ1) is 10.5. The minimum absolute atomic E-state index is 0.0156. The van der Waals surface area contributed by atoms with Crippen molar-refractivity contribution in [3.8, 4) is 0 Å². The molecule has 2 aromatic rings. The Bertz CT molecular complexity index is 638. The van der Waals surface area contributed by atoms with Gasteiger partial charge in [0.05, 0.1) is 6.61 Å². The van der Waals surface area contributed by atoms with Crippen LogP contribution in [0.4, 0.5) is 0 Å². The smallest absolute Gasteiger partial charge is 0.251 e. The maximum atomic E-state index is 11.5. The highest BCUT2D eigenvalue weighted by atomic mass is 16.3. The average Bonchev–Trinajstić information content (AvgIpc) is 3.11. The van der Waals surface area contributed by atoms with E-state index in [1.165, 1.54) is 5.56 Å². The predicted molar refractivity (Wildman–Crippen MR) is 67.3 cm³/mol. The monoisotopic (exact) mass is 229 g/mol. The van der Waals surface area contributed by atoms with Crippen LogP contribution in [0.5, 0.6) is 0 Å². The van der Waals surface area contributed by atoms with Gasteiger partial charge < -0.3 is 10.1 Å². The Morgan fingerprint density at radius 3 is 2.76 bits per heavy atom. The summed E-state index contributed by atoms with van der Waals surface area (Å²) in [5, 5.41) is 10.5. The summed E-state index contributed by atoms with van der Waals surface area (Å²) in [6, 6.07) is 7.94. The van der Waals surface area contributed by atoms with Crippen LogP contribution < -0.4 is 5.56 Å². The van der Waals surface area contributed by atoms with Crippen LogP contribution in [-0.2, 0) is 5.41 Å². The van der Waals surface area contributed by atoms with E-state index in [0.29, 0.717) is 0 Å². The summed E-state index contributed by atoms with van der Waals surface area (Å²) in [5.74, 6) is 0. The van der Waals surface area contributed by atoms with Crippen molar-refractivity contribution in [1.29, 1.82) is 0 Å². The third kappa shape index (κ3) is 1.58. The maximum absolute atomic E-state index is 11.5. The van der Waals surface area contributed by atoms with E-state index < -0.39 is 0 Å². The lowest BCUT2D eigenvalue weighted by atomic mass is 9.95. The second kappa shape index (κ2) is 3.44. The van der Waals surface area contributed by atoms with Gasteiger partial charge in [0.2, 0.25) is 0 Å². The van der Waals surface area contributed by atoms with Gasteiger partial charge in [-0.25, -0.2) is 0 Å². The fraction of sp³-hybridized carbons (Fsp3) is 0.357. The molecule has 0 aliphatic heterocycles. The third-order valence-electron chi connectivity index (χ3n) is 3.80. The van der Waals surface area contributed by atoms with Gasteiger partial charge in [-0.15, -0.1) is 0 Å². The molecule has 1 aromatic heterocycles. The van der Waals surface area contributed by atoms with Gasteiger partial charge in [0.25, 0.3) is 5.56 Å². The maximum Gasteiger partial charge on any atom is 0.251 e. The highest BCUT2D eigenvalue weighted by Gasteiger charge is 2.43. The highest BCUT2D eigenvalue weighted by molar-refractivity contribution is 5.80. The minimum atomic E-state index is -0.0338. The zero-order valence-electron chi connectivity index (χ0n) is 9.79. The predicted octanol–water partition coefficient (Wildman–Crippen LogP) is 1.86. The number of pyridine rings is 1. The quantitative estimate of drug-likeness (QED) is 0.825. The second-order valence-corrected chi connectivity index (χ2v) is 5.02. The third-order valence-corrected chi connectivity index (χ3v) is 3.80. The summed E-state index contributed by atoms with van der Waals surface area (Å²) in [5.41, 5.74) is 2.71. The Balaban J connectivity index is 2.19. The summed E-state index contributed by atoms with van der Waals surface area (Å²) >= 11 is 0. The van der Waals surface area contributed by atoms with Crippen molar-refractivity contribution in [1.82, 2.24) is 4.98 Å². The van der Waals surface area contributed by atoms with Crippen LogP contribution >= 0.6 is 0 Å². The van der Waals surface area contributed by atoms with Gasteiger partial charge in [0.15, 0.2) is 0 Å². The topological polar surface area (TPSA) is 53.1 Å². The van der Waals surface area contributed by atoms with E-state index in [2.05, 4.69) is 11.1 Å². The largest absolute Gasteiger partial charge is 0.395 e. The van der Waals surface area contributed by atoms with Crippen molar-refractivity contribution < 1.29 is 5.11 Å². The molecule has 1 aromatic carbocycles. The van der Waals surface area contributed by atoms with E-state index in [1.54, 1.807) is 0 Å². The summed E-state index contributed by atoms with van der Waals surface area (Å²) in [7, 11) is 0. The molecular weight excluding hydrogens is 214 g/mol. The average molecular weight is 229 g/mol. The lowest BCUT2D eigenvalue weighted by Gasteiger charge is -2.12. The van der Waals surface area contributed by atoms with Gasteiger partial charge in [-0.2, -0.15) is 0 Å². The van der Waals surface area contributed by atoms with E-state index in [4.69, 9.17) is 0 Å². The van der Waals surface area contributed by atoms with Crippen LogP contribution in [-0.4, -0.2) is 16.7 Å². The van der Waals surface area contributed by atoms with E-state index in [1.807, 2.05) is 25.1 Å². The van der Waals surface area contributed by atoms with Gasteiger partial charge in [0.1, 0.15) is 0 Å². The van der Waals surface area contributed by atoms with Crippen molar-refractivity contribution in [3.05, 3.63) is 45.7 Å².